The van der Waals surface area contributed by atoms with E-state index in [2.05, 4.69) is 0 Å². The monoisotopic (exact) mass is 410 g/mol. The second kappa shape index (κ2) is 5.41. The molecule has 0 amide bonds. The first-order valence-corrected chi connectivity index (χ1v) is 8.58. The lowest BCUT2D eigenvalue weighted by Crippen LogP contribution is -2.10. The van der Waals surface area contributed by atoms with Crippen molar-refractivity contribution in [3.8, 4) is 11.5 Å². The van der Waals surface area contributed by atoms with Gasteiger partial charge >= 0.3 is 0 Å². The number of fused-ring (bicyclic) bond motifs is 4. The molecule has 0 spiro atoms. The van der Waals surface area contributed by atoms with Crippen molar-refractivity contribution in [3.63, 3.8) is 0 Å². The summed E-state index contributed by atoms with van der Waals surface area (Å²) in [7, 11) is 0. The third kappa shape index (κ3) is 1.83. The van der Waals surface area contributed by atoms with E-state index in [0.29, 0.717) is 0 Å². The lowest BCUT2D eigenvalue weighted by atomic mass is 9.89. The topological polar surface area (TPSA) is 301 Å². The Bertz CT molecular complexity index is 1450. The predicted molar refractivity (Wildman–Crippen MR) is 126 cm³/mol. The van der Waals surface area contributed by atoms with Crippen molar-refractivity contribution in [2.45, 2.75) is 0 Å². The van der Waals surface area contributed by atoms with Crippen LogP contribution in [0.25, 0.3) is 32.3 Å². The Kier molecular flexibility index (Phi) is 3.36. The number of nitrogens with two attached hydrogens (primary N) is 10. The van der Waals surface area contributed by atoms with Crippen LogP contribution in [0.3, 0.4) is 0 Å². The fourth-order valence-corrected chi connectivity index (χ4v) is 4.00. The fraction of sp³-hybridized carbons (Fsp3) is 0. The van der Waals surface area contributed by atoms with Crippen LogP contribution in [0.2, 0.25) is 0 Å². The maximum absolute atomic E-state index is 10.7. The van der Waals surface area contributed by atoms with Gasteiger partial charge in [0.15, 0.2) is 11.5 Å². The Labute approximate surface area is 168 Å². The Morgan fingerprint density at radius 1 is 0.267 bits per heavy atom. The molecule has 0 aliphatic carbocycles. The third-order valence-electron chi connectivity index (χ3n) is 5.59. The molecular formula is C18H22N10O2. The predicted octanol–water partition coefficient (Wildman–Crippen LogP) is 0.379. The van der Waals surface area contributed by atoms with Crippen LogP contribution in [0.1, 0.15) is 0 Å². The zero-order valence-corrected chi connectivity index (χ0v) is 15.7. The fourth-order valence-electron chi connectivity index (χ4n) is 4.00. The SMILES string of the molecule is Nc1c(N)c(N)c2c(N)c3c(c(N)c(N)c4c(N)c(N)c(O)c(O)c43)c(N)c2c1N. The van der Waals surface area contributed by atoms with E-state index in [4.69, 9.17) is 57.3 Å². The van der Waals surface area contributed by atoms with Crippen LogP contribution in [0.4, 0.5) is 56.9 Å². The smallest absolute Gasteiger partial charge is 0.183 e. The molecule has 4 aromatic rings. The van der Waals surface area contributed by atoms with Gasteiger partial charge in [-0.2, -0.15) is 0 Å². The summed E-state index contributed by atoms with van der Waals surface area (Å²) in [4.78, 5) is 0. The van der Waals surface area contributed by atoms with E-state index in [-0.39, 0.29) is 89.2 Å². The molecule has 0 aromatic heterocycles. The first-order valence-electron chi connectivity index (χ1n) is 8.58. The van der Waals surface area contributed by atoms with Crippen molar-refractivity contribution in [2.75, 3.05) is 57.3 Å². The largest absolute Gasteiger partial charge is 0.504 e. The number of rotatable bonds is 0. The summed E-state index contributed by atoms with van der Waals surface area (Å²) in [5.41, 5.74) is 61.4. The summed E-state index contributed by atoms with van der Waals surface area (Å²) >= 11 is 0. The number of hydrogen-bond donors (Lipinski definition) is 12. The van der Waals surface area contributed by atoms with Crippen molar-refractivity contribution in [2.24, 2.45) is 0 Å². The number of phenolic OH excluding ortho intramolecular Hbond substituents is 2. The van der Waals surface area contributed by atoms with Gasteiger partial charge in [-0.15, -0.1) is 0 Å². The Morgan fingerprint density at radius 3 is 1.03 bits per heavy atom. The van der Waals surface area contributed by atoms with Crippen LogP contribution in [-0.4, -0.2) is 10.2 Å². The minimum Gasteiger partial charge on any atom is -0.504 e. The van der Waals surface area contributed by atoms with Gasteiger partial charge in [0.05, 0.1) is 51.2 Å². The molecule has 0 atom stereocenters. The molecule has 12 heteroatoms. The van der Waals surface area contributed by atoms with Crippen LogP contribution >= 0.6 is 0 Å². The maximum Gasteiger partial charge on any atom is 0.183 e. The Balaban J connectivity index is 2.54. The number of aromatic hydroxyl groups is 2. The van der Waals surface area contributed by atoms with Gasteiger partial charge in [0.1, 0.15) is 5.69 Å². The average molecular weight is 410 g/mol. The van der Waals surface area contributed by atoms with Gasteiger partial charge in [-0.1, -0.05) is 0 Å². The second-order valence-corrected chi connectivity index (χ2v) is 7.08. The minimum absolute atomic E-state index is 0.000341. The standard InChI is InChI=1S/C18H22N10O2/c19-7-1-2-4(13(25)16(28)18(30)17(2)29)10(22)9(21)3(1)8(20)6-5(7)11(23)14(26)15(27)12(6)24/h29-30H,19-28H2. The number of nitrogen functional groups attached to an aromatic ring is 10. The molecule has 0 radical (unpaired) electrons. The van der Waals surface area contributed by atoms with Crippen molar-refractivity contribution >= 4 is 89.2 Å². The highest BCUT2D eigenvalue weighted by molar-refractivity contribution is 6.38. The van der Waals surface area contributed by atoms with Gasteiger partial charge in [-0.25, -0.2) is 0 Å². The van der Waals surface area contributed by atoms with Crippen LogP contribution in [0.5, 0.6) is 11.5 Å². The summed E-state index contributed by atoms with van der Waals surface area (Å²) in [6.07, 6.45) is 0. The summed E-state index contributed by atoms with van der Waals surface area (Å²) in [5, 5.41) is 21.9. The second-order valence-electron chi connectivity index (χ2n) is 7.08. The first-order chi connectivity index (χ1) is 13.9. The van der Waals surface area contributed by atoms with Gasteiger partial charge in [0, 0.05) is 32.3 Å². The lowest BCUT2D eigenvalue weighted by molar-refractivity contribution is 0.410. The average Bonchev–Trinajstić information content (AvgIpc) is 2.71. The van der Waals surface area contributed by atoms with Crippen LogP contribution in [-0.2, 0) is 0 Å². The highest BCUT2D eigenvalue weighted by Gasteiger charge is 2.27. The third-order valence-corrected chi connectivity index (χ3v) is 5.59. The van der Waals surface area contributed by atoms with Gasteiger partial charge in [-0.05, 0) is 0 Å². The molecule has 4 rings (SSSR count). The zero-order valence-electron chi connectivity index (χ0n) is 15.7. The summed E-state index contributed by atoms with van der Waals surface area (Å²) in [6, 6.07) is 0. The molecule has 0 saturated heterocycles. The molecule has 156 valence electrons. The molecule has 0 heterocycles. The number of phenols is 2. The van der Waals surface area contributed by atoms with E-state index in [1.54, 1.807) is 0 Å². The molecule has 0 saturated carbocycles. The number of anilines is 10. The quantitative estimate of drug-likeness (QED) is 0.0356. The van der Waals surface area contributed by atoms with Gasteiger partial charge in [-0.3, -0.25) is 0 Å². The van der Waals surface area contributed by atoms with Crippen LogP contribution < -0.4 is 57.3 Å². The zero-order chi connectivity index (χ0) is 22.4. The van der Waals surface area contributed by atoms with Crippen LogP contribution in [0, 0.1) is 0 Å². The molecule has 30 heavy (non-hydrogen) atoms. The highest BCUT2D eigenvalue weighted by atomic mass is 16.3. The van der Waals surface area contributed by atoms with E-state index in [0.717, 1.165) is 0 Å². The van der Waals surface area contributed by atoms with E-state index < -0.39 is 11.5 Å². The van der Waals surface area contributed by atoms with E-state index in [9.17, 15) is 10.2 Å². The molecule has 0 aliphatic heterocycles. The van der Waals surface area contributed by atoms with Gasteiger partial charge in [0.25, 0.3) is 0 Å². The maximum atomic E-state index is 10.7. The summed E-state index contributed by atoms with van der Waals surface area (Å²) < 4.78 is 0. The number of benzene rings is 4. The molecule has 22 N–H and O–H groups in total. The molecule has 0 aliphatic rings. The van der Waals surface area contributed by atoms with Gasteiger partial charge in [0.2, 0.25) is 0 Å². The number of hydrogen-bond acceptors (Lipinski definition) is 12. The van der Waals surface area contributed by atoms with Crippen molar-refractivity contribution in [1.29, 1.82) is 0 Å². The Hall–Kier alpha value is -4.74. The normalized spacial score (nSPS) is 11.6. The van der Waals surface area contributed by atoms with E-state index in [1.807, 2.05) is 0 Å². The van der Waals surface area contributed by atoms with E-state index in [1.165, 1.54) is 0 Å². The molecular weight excluding hydrogens is 388 g/mol. The van der Waals surface area contributed by atoms with Crippen molar-refractivity contribution in [1.82, 2.24) is 0 Å². The molecule has 12 nitrogen and oxygen atoms in total. The van der Waals surface area contributed by atoms with Crippen molar-refractivity contribution < 1.29 is 10.2 Å². The molecule has 4 aromatic carbocycles. The van der Waals surface area contributed by atoms with Crippen molar-refractivity contribution in [3.05, 3.63) is 0 Å². The molecule has 0 bridgehead atoms. The highest BCUT2D eigenvalue weighted by Crippen LogP contribution is 2.56. The minimum atomic E-state index is -0.646. The molecule has 0 fully saturated rings. The lowest BCUT2D eigenvalue weighted by Gasteiger charge is -2.23. The Morgan fingerprint density at radius 2 is 0.567 bits per heavy atom. The van der Waals surface area contributed by atoms with Gasteiger partial charge < -0.3 is 67.5 Å². The van der Waals surface area contributed by atoms with Crippen LogP contribution in [0.15, 0.2) is 0 Å². The first kappa shape index (κ1) is 18.6. The summed E-state index contributed by atoms with van der Waals surface area (Å²) in [5.74, 6) is -1.25. The molecule has 0 unspecified atom stereocenters. The van der Waals surface area contributed by atoms with E-state index >= 15 is 0 Å². The summed E-state index contributed by atoms with van der Waals surface area (Å²) in [6.45, 7) is 0.